The molecule has 0 spiro atoms. The van der Waals surface area contributed by atoms with Gasteiger partial charge in [0.1, 0.15) is 6.04 Å². The summed E-state index contributed by atoms with van der Waals surface area (Å²) >= 11 is 0. The molecule has 1 atom stereocenters. The molecular weight excluding hydrogens is 278 g/mol. The van der Waals surface area contributed by atoms with E-state index in [0.717, 1.165) is 12.8 Å². The van der Waals surface area contributed by atoms with E-state index in [4.69, 9.17) is 5.11 Å². The lowest BCUT2D eigenvalue weighted by Crippen LogP contribution is -2.46. The van der Waals surface area contributed by atoms with E-state index in [1.807, 2.05) is 13.0 Å². The van der Waals surface area contributed by atoms with Gasteiger partial charge in [0.15, 0.2) is 0 Å². The zero-order chi connectivity index (χ0) is 15.8. The maximum absolute atomic E-state index is 11.6. The van der Waals surface area contributed by atoms with Gasteiger partial charge in [0, 0.05) is 5.69 Å². The van der Waals surface area contributed by atoms with Crippen molar-refractivity contribution in [2.75, 3.05) is 7.11 Å². The molecule has 0 saturated carbocycles. The number of nitrogens with one attached hydrogen (secondary N) is 2. The molecular formula is C13H17N3O5. The Balaban J connectivity index is 2.50. The molecule has 1 aromatic rings. The molecule has 0 aliphatic carbocycles. The van der Waals surface area contributed by atoms with Crippen molar-refractivity contribution in [3.8, 4) is 0 Å². The highest BCUT2D eigenvalue weighted by Crippen LogP contribution is 1.98. The number of rotatable bonds is 6. The summed E-state index contributed by atoms with van der Waals surface area (Å²) in [5, 5.41) is 13.6. The number of esters is 1. The summed E-state index contributed by atoms with van der Waals surface area (Å²) in [6, 6.07) is 3.31. The molecule has 114 valence electrons. The van der Waals surface area contributed by atoms with Gasteiger partial charge in [-0.05, 0) is 19.1 Å². The zero-order valence-corrected chi connectivity index (χ0v) is 11.8. The monoisotopic (exact) mass is 295 g/mol. The zero-order valence-electron chi connectivity index (χ0n) is 11.8. The summed E-state index contributed by atoms with van der Waals surface area (Å²) in [4.78, 5) is 37.8. The topological polar surface area (TPSA) is 118 Å². The molecule has 2 amide bonds. The molecule has 3 N–H and O–H groups in total. The third-order valence-corrected chi connectivity index (χ3v) is 2.58. The fraction of sp³-hybridized carbons (Fsp3) is 0.385. The molecule has 0 unspecified atom stereocenters. The molecule has 8 heteroatoms. The van der Waals surface area contributed by atoms with Crippen LogP contribution in [0.25, 0.3) is 0 Å². The van der Waals surface area contributed by atoms with Crippen LogP contribution in [-0.4, -0.2) is 41.2 Å². The summed E-state index contributed by atoms with van der Waals surface area (Å²) in [5.41, 5.74) is 1.45. The Morgan fingerprint density at radius 2 is 2.10 bits per heavy atom. The average molecular weight is 295 g/mol. The standard InChI is InChI=1S/C13H17N3O5/c1-8-4-3-5-9(15-8)7-14-13(20)16-10(12(18)19)6-11(17)21-2/h3-5,10H,6-7H2,1-2H3,(H,18,19)(H2,14,16,20)/t10-/m0/s1. The largest absolute Gasteiger partial charge is 0.480 e. The highest BCUT2D eigenvalue weighted by atomic mass is 16.5. The second kappa shape index (κ2) is 7.83. The third kappa shape index (κ3) is 5.89. The minimum Gasteiger partial charge on any atom is -0.480 e. The summed E-state index contributed by atoms with van der Waals surface area (Å²) < 4.78 is 4.37. The number of methoxy groups -OCH3 is 1. The molecule has 0 aliphatic heterocycles. The SMILES string of the molecule is COC(=O)C[C@H](NC(=O)NCc1cccc(C)n1)C(=O)O. The number of amides is 2. The van der Waals surface area contributed by atoms with Crippen molar-refractivity contribution in [3.05, 3.63) is 29.6 Å². The fourth-order valence-electron chi connectivity index (χ4n) is 1.53. The first-order valence-electron chi connectivity index (χ1n) is 6.19. The number of aromatic nitrogens is 1. The number of ether oxygens (including phenoxy) is 1. The molecule has 0 aliphatic rings. The van der Waals surface area contributed by atoms with Crippen LogP contribution in [-0.2, 0) is 20.9 Å². The summed E-state index contributed by atoms with van der Waals surface area (Å²) in [6.45, 7) is 1.97. The minimum atomic E-state index is -1.34. The Morgan fingerprint density at radius 3 is 2.67 bits per heavy atom. The first-order chi connectivity index (χ1) is 9.92. The van der Waals surface area contributed by atoms with Crippen LogP contribution in [0.5, 0.6) is 0 Å². The van der Waals surface area contributed by atoms with Gasteiger partial charge in [0.2, 0.25) is 0 Å². The lowest BCUT2D eigenvalue weighted by molar-refractivity contribution is -0.147. The number of pyridine rings is 1. The molecule has 0 fully saturated rings. The van der Waals surface area contributed by atoms with Gasteiger partial charge in [-0.25, -0.2) is 9.59 Å². The molecule has 21 heavy (non-hydrogen) atoms. The summed E-state index contributed by atoms with van der Waals surface area (Å²) in [5.74, 6) is -2.03. The predicted octanol–water partition coefficient (Wildman–Crippen LogP) is 0.206. The number of urea groups is 1. The van der Waals surface area contributed by atoms with E-state index in [2.05, 4.69) is 20.4 Å². The van der Waals surface area contributed by atoms with Crippen LogP contribution in [0.15, 0.2) is 18.2 Å². The highest BCUT2D eigenvalue weighted by Gasteiger charge is 2.23. The number of carboxylic acids is 1. The van der Waals surface area contributed by atoms with Crippen molar-refractivity contribution >= 4 is 18.0 Å². The first-order valence-corrected chi connectivity index (χ1v) is 6.19. The van der Waals surface area contributed by atoms with Crippen molar-refractivity contribution in [3.63, 3.8) is 0 Å². The fourth-order valence-corrected chi connectivity index (χ4v) is 1.53. The van der Waals surface area contributed by atoms with Crippen molar-refractivity contribution < 1.29 is 24.2 Å². The molecule has 1 aromatic heterocycles. The number of aryl methyl sites for hydroxylation is 1. The summed E-state index contributed by atoms with van der Waals surface area (Å²) in [7, 11) is 1.14. The normalized spacial score (nSPS) is 11.3. The molecule has 0 saturated heterocycles. The minimum absolute atomic E-state index is 0.151. The molecule has 8 nitrogen and oxygen atoms in total. The van der Waals surface area contributed by atoms with Gasteiger partial charge in [0.05, 0.1) is 25.8 Å². The van der Waals surface area contributed by atoms with Gasteiger partial charge in [-0.3, -0.25) is 9.78 Å². The van der Waals surface area contributed by atoms with Crippen molar-refractivity contribution in [1.82, 2.24) is 15.6 Å². The Kier molecular flexibility index (Phi) is 6.12. The van der Waals surface area contributed by atoms with Gasteiger partial charge >= 0.3 is 18.0 Å². The number of carbonyl (C=O) groups excluding carboxylic acids is 2. The number of aliphatic carboxylic acids is 1. The number of hydrogen-bond donors (Lipinski definition) is 3. The van der Waals surface area contributed by atoms with Crippen molar-refractivity contribution in [1.29, 1.82) is 0 Å². The second-order valence-corrected chi connectivity index (χ2v) is 4.27. The van der Waals surface area contributed by atoms with E-state index in [-0.39, 0.29) is 6.54 Å². The Labute approximate surface area is 121 Å². The first kappa shape index (κ1) is 16.4. The maximum Gasteiger partial charge on any atom is 0.326 e. The summed E-state index contributed by atoms with van der Waals surface area (Å²) in [6.07, 6.45) is -0.443. The van der Waals surface area contributed by atoms with Crippen LogP contribution in [0.2, 0.25) is 0 Å². The van der Waals surface area contributed by atoms with Crippen LogP contribution in [0.4, 0.5) is 4.79 Å². The van der Waals surface area contributed by atoms with E-state index in [1.165, 1.54) is 0 Å². The Hall–Kier alpha value is -2.64. The van der Waals surface area contributed by atoms with Crippen LogP contribution in [0, 0.1) is 6.92 Å². The van der Waals surface area contributed by atoms with Crippen LogP contribution >= 0.6 is 0 Å². The molecule has 0 bridgehead atoms. The van der Waals surface area contributed by atoms with E-state index < -0.39 is 30.4 Å². The third-order valence-electron chi connectivity index (χ3n) is 2.58. The van der Waals surface area contributed by atoms with E-state index in [0.29, 0.717) is 5.69 Å². The van der Waals surface area contributed by atoms with Gasteiger partial charge in [-0.1, -0.05) is 6.07 Å². The lowest BCUT2D eigenvalue weighted by Gasteiger charge is -2.14. The molecule has 1 heterocycles. The molecule has 0 radical (unpaired) electrons. The van der Waals surface area contributed by atoms with Gasteiger partial charge in [0.25, 0.3) is 0 Å². The van der Waals surface area contributed by atoms with Gasteiger partial charge in [-0.15, -0.1) is 0 Å². The predicted molar refractivity (Wildman–Crippen MR) is 72.4 cm³/mol. The Morgan fingerprint density at radius 1 is 1.38 bits per heavy atom. The smallest absolute Gasteiger partial charge is 0.326 e. The second-order valence-electron chi connectivity index (χ2n) is 4.27. The van der Waals surface area contributed by atoms with Gasteiger partial charge in [-0.2, -0.15) is 0 Å². The quantitative estimate of drug-likeness (QED) is 0.645. The van der Waals surface area contributed by atoms with Gasteiger partial charge < -0.3 is 20.5 Å². The number of carbonyl (C=O) groups is 3. The highest BCUT2D eigenvalue weighted by molar-refractivity contribution is 5.86. The van der Waals surface area contributed by atoms with E-state index in [1.54, 1.807) is 12.1 Å². The number of hydrogen-bond acceptors (Lipinski definition) is 5. The Bertz CT molecular complexity index is 532. The average Bonchev–Trinajstić information content (AvgIpc) is 2.44. The van der Waals surface area contributed by atoms with E-state index in [9.17, 15) is 14.4 Å². The van der Waals surface area contributed by atoms with E-state index >= 15 is 0 Å². The van der Waals surface area contributed by atoms with Crippen LogP contribution in [0.1, 0.15) is 17.8 Å². The van der Waals surface area contributed by atoms with Crippen molar-refractivity contribution in [2.45, 2.75) is 25.9 Å². The van der Waals surface area contributed by atoms with Crippen LogP contribution in [0.3, 0.4) is 0 Å². The molecule has 0 aromatic carbocycles. The lowest BCUT2D eigenvalue weighted by atomic mass is 10.2. The number of carboxylic acid groups (broad SMARTS) is 1. The van der Waals surface area contributed by atoms with Crippen LogP contribution < -0.4 is 10.6 Å². The van der Waals surface area contributed by atoms with Crippen molar-refractivity contribution in [2.24, 2.45) is 0 Å². The maximum atomic E-state index is 11.6. The molecule has 1 rings (SSSR count). The number of nitrogens with zero attached hydrogens (tertiary/aromatic N) is 1.